The monoisotopic (exact) mass is 237 g/mol. The van der Waals surface area contributed by atoms with Gasteiger partial charge in [0.25, 0.3) is 5.56 Å². The SMILES string of the molecule is CC(C)c1nc(N(C)CC(C)(C)C)cc(=O)[nH]1. The van der Waals surface area contributed by atoms with Crippen molar-refractivity contribution in [3.05, 3.63) is 22.2 Å². The van der Waals surface area contributed by atoms with Gasteiger partial charge in [-0.15, -0.1) is 0 Å². The molecule has 0 fully saturated rings. The molecule has 0 saturated carbocycles. The molecule has 0 radical (unpaired) electrons. The topological polar surface area (TPSA) is 49.0 Å². The van der Waals surface area contributed by atoms with E-state index in [1.165, 1.54) is 0 Å². The third-order valence-electron chi connectivity index (χ3n) is 2.40. The second kappa shape index (κ2) is 4.90. The molecule has 0 amide bonds. The van der Waals surface area contributed by atoms with Gasteiger partial charge < -0.3 is 9.88 Å². The molecule has 0 unspecified atom stereocenters. The zero-order valence-electron chi connectivity index (χ0n) is 11.7. The molecular weight excluding hydrogens is 214 g/mol. The first-order chi connectivity index (χ1) is 7.69. The Labute approximate surface area is 103 Å². The highest BCUT2D eigenvalue weighted by atomic mass is 16.1. The van der Waals surface area contributed by atoms with Crippen LogP contribution in [0.5, 0.6) is 0 Å². The molecule has 1 aromatic heterocycles. The lowest BCUT2D eigenvalue weighted by Crippen LogP contribution is -2.31. The molecule has 0 saturated heterocycles. The van der Waals surface area contributed by atoms with Gasteiger partial charge in [0, 0.05) is 25.6 Å². The Balaban J connectivity index is 3.02. The van der Waals surface area contributed by atoms with E-state index < -0.39 is 0 Å². The summed E-state index contributed by atoms with van der Waals surface area (Å²) in [6.45, 7) is 11.4. The van der Waals surface area contributed by atoms with E-state index in [2.05, 4.69) is 30.7 Å². The Kier molecular flexibility index (Phi) is 3.96. The number of H-pyrrole nitrogens is 1. The summed E-state index contributed by atoms with van der Waals surface area (Å²) in [6, 6.07) is 1.55. The molecule has 96 valence electrons. The van der Waals surface area contributed by atoms with Crippen LogP contribution in [0.15, 0.2) is 10.9 Å². The van der Waals surface area contributed by atoms with Crippen molar-refractivity contribution in [1.29, 1.82) is 0 Å². The van der Waals surface area contributed by atoms with Gasteiger partial charge in [0.15, 0.2) is 0 Å². The van der Waals surface area contributed by atoms with Crippen LogP contribution < -0.4 is 10.5 Å². The lowest BCUT2D eigenvalue weighted by Gasteiger charge is -2.27. The Hall–Kier alpha value is -1.32. The summed E-state index contributed by atoms with van der Waals surface area (Å²) in [4.78, 5) is 20.9. The van der Waals surface area contributed by atoms with Gasteiger partial charge in [-0.3, -0.25) is 4.79 Å². The lowest BCUT2D eigenvalue weighted by atomic mass is 9.96. The van der Waals surface area contributed by atoms with E-state index in [1.807, 2.05) is 25.8 Å². The number of aromatic nitrogens is 2. The van der Waals surface area contributed by atoms with E-state index >= 15 is 0 Å². The van der Waals surface area contributed by atoms with Crippen molar-refractivity contribution in [3.63, 3.8) is 0 Å². The van der Waals surface area contributed by atoms with Gasteiger partial charge in [-0.05, 0) is 5.41 Å². The number of aromatic amines is 1. The second-order valence-corrected chi connectivity index (χ2v) is 6.06. The highest BCUT2D eigenvalue weighted by molar-refractivity contribution is 5.36. The number of hydrogen-bond acceptors (Lipinski definition) is 3. The standard InChI is InChI=1S/C13H23N3O/c1-9(2)12-14-10(7-11(17)15-12)16(6)8-13(3,4)5/h7,9H,8H2,1-6H3,(H,14,15,17). The summed E-state index contributed by atoms with van der Waals surface area (Å²) < 4.78 is 0. The number of anilines is 1. The fourth-order valence-electron chi connectivity index (χ4n) is 1.72. The summed E-state index contributed by atoms with van der Waals surface area (Å²) in [7, 11) is 1.97. The summed E-state index contributed by atoms with van der Waals surface area (Å²) >= 11 is 0. The van der Waals surface area contributed by atoms with Crippen molar-refractivity contribution in [2.75, 3.05) is 18.5 Å². The van der Waals surface area contributed by atoms with Gasteiger partial charge in [-0.1, -0.05) is 34.6 Å². The Morgan fingerprint density at radius 3 is 2.47 bits per heavy atom. The van der Waals surface area contributed by atoms with Crippen LogP contribution in [0, 0.1) is 5.41 Å². The molecule has 0 aliphatic rings. The van der Waals surface area contributed by atoms with E-state index in [0.717, 1.165) is 18.2 Å². The first kappa shape index (κ1) is 13.7. The Morgan fingerprint density at radius 1 is 1.41 bits per heavy atom. The highest BCUT2D eigenvalue weighted by Gasteiger charge is 2.16. The first-order valence-electron chi connectivity index (χ1n) is 6.01. The molecule has 0 spiro atoms. The second-order valence-electron chi connectivity index (χ2n) is 6.06. The molecular formula is C13H23N3O. The first-order valence-corrected chi connectivity index (χ1v) is 6.01. The van der Waals surface area contributed by atoms with Crippen LogP contribution in [0.2, 0.25) is 0 Å². The predicted octanol–water partition coefficient (Wildman–Crippen LogP) is 2.38. The smallest absolute Gasteiger partial charge is 0.252 e. The Morgan fingerprint density at radius 2 is 2.00 bits per heavy atom. The van der Waals surface area contributed by atoms with Crippen molar-refractivity contribution in [2.24, 2.45) is 5.41 Å². The summed E-state index contributed by atoms with van der Waals surface area (Å²) in [5.41, 5.74) is 0.0938. The van der Waals surface area contributed by atoms with Gasteiger partial charge in [-0.2, -0.15) is 0 Å². The van der Waals surface area contributed by atoms with Crippen LogP contribution in [0.1, 0.15) is 46.4 Å². The maximum atomic E-state index is 11.6. The lowest BCUT2D eigenvalue weighted by molar-refractivity contribution is 0.417. The van der Waals surface area contributed by atoms with Crippen LogP contribution in [0.4, 0.5) is 5.82 Å². The summed E-state index contributed by atoms with van der Waals surface area (Å²) in [5.74, 6) is 1.71. The predicted molar refractivity (Wildman–Crippen MR) is 71.7 cm³/mol. The molecule has 0 aliphatic carbocycles. The molecule has 0 aliphatic heterocycles. The van der Waals surface area contributed by atoms with Crippen LogP contribution in [-0.4, -0.2) is 23.6 Å². The summed E-state index contributed by atoms with van der Waals surface area (Å²) in [6.07, 6.45) is 0. The van der Waals surface area contributed by atoms with Gasteiger partial charge in [0.1, 0.15) is 11.6 Å². The zero-order valence-corrected chi connectivity index (χ0v) is 11.7. The van der Waals surface area contributed by atoms with Gasteiger partial charge in [-0.25, -0.2) is 4.98 Å². The van der Waals surface area contributed by atoms with Gasteiger partial charge in [0.2, 0.25) is 0 Å². The third-order valence-corrected chi connectivity index (χ3v) is 2.40. The number of nitrogens with zero attached hydrogens (tertiary/aromatic N) is 2. The van der Waals surface area contributed by atoms with E-state index in [1.54, 1.807) is 6.07 Å². The molecule has 1 heterocycles. The van der Waals surface area contributed by atoms with E-state index in [4.69, 9.17) is 0 Å². The molecule has 4 heteroatoms. The molecule has 0 atom stereocenters. The minimum absolute atomic E-state index is 0.0838. The molecule has 0 aromatic carbocycles. The maximum Gasteiger partial charge on any atom is 0.252 e. The van der Waals surface area contributed by atoms with E-state index in [0.29, 0.717) is 0 Å². The summed E-state index contributed by atoms with van der Waals surface area (Å²) in [5, 5.41) is 0. The third kappa shape index (κ3) is 4.21. The largest absolute Gasteiger partial charge is 0.359 e. The van der Waals surface area contributed by atoms with Crippen molar-refractivity contribution in [1.82, 2.24) is 9.97 Å². The maximum absolute atomic E-state index is 11.6. The number of rotatable bonds is 3. The minimum Gasteiger partial charge on any atom is -0.359 e. The van der Waals surface area contributed by atoms with Crippen molar-refractivity contribution < 1.29 is 0 Å². The zero-order chi connectivity index (χ0) is 13.2. The molecule has 17 heavy (non-hydrogen) atoms. The average Bonchev–Trinajstić information content (AvgIpc) is 2.13. The van der Waals surface area contributed by atoms with Gasteiger partial charge in [0.05, 0.1) is 0 Å². The normalized spacial score (nSPS) is 11.9. The number of hydrogen-bond donors (Lipinski definition) is 1. The Bertz CT molecular complexity index is 429. The molecule has 1 aromatic rings. The highest BCUT2D eigenvalue weighted by Crippen LogP contribution is 2.18. The number of nitrogens with one attached hydrogen (secondary N) is 1. The fraction of sp³-hybridized carbons (Fsp3) is 0.692. The van der Waals surface area contributed by atoms with Crippen molar-refractivity contribution in [2.45, 2.75) is 40.5 Å². The van der Waals surface area contributed by atoms with Crippen molar-refractivity contribution in [3.8, 4) is 0 Å². The quantitative estimate of drug-likeness (QED) is 0.878. The van der Waals surface area contributed by atoms with Crippen LogP contribution >= 0.6 is 0 Å². The van der Waals surface area contributed by atoms with Crippen LogP contribution in [0.3, 0.4) is 0 Å². The molecule has 1 rings (SSSR count). The average molecular weight is 237 g/mol. The fourth-order valence-corrected chi connectivity index (χ4v) is 1.72. The van der Waals surface area contributed by atoms with Crippen LogP contribution in [0.25, 0.3) is 0 Å². The van der Waals surface area contributed by atoms with Crippen LogP contribution in [-0.2, 0) is 0 Å². The van der Waals surface area contributed by atoms with Crippen molar-refractivity contribution >= 4 is 5.82 Å². The minimum atomic E-state index is -0.0838. The molecule has 0 bridgehead atoms. The van der Waals surface area contributed by atoms with Gasteiger partial charge >= 0.3 is 0 Å². The molecule has 1 N–H and O–H groups in total. The molecule has 4 nitrogen and oxygen atoms in total. The van der Waals surface area contributed by atoms with E-state index in [9.17, 15) is 4.79 Å². The van der Waals surface area contributed by atoms with E-state index in [-0.39, 0.29) is 16.9 Å².